The van der Waals surface area contributed by atoms with E-state index in [2.05, 4.69) is 6.92 Å². The zero-order chi connectivity index (χ0) is 15.5. The number of hydrogen-bond donors (Lipinski definition) is 0. The van der Waals surface area contributed by atoms with Crippen LogP contribution in [0.4, 0.5) is 13.2 Å². The van der Waals surface area contributed by atoms with Gasteiger partial charge in [-0.1, -0.05) is 19.1 Å². The van der Waals surface area contributed by atoms with Crippen molar-refractivity contribution < 1.29 is 18.0 Å². The van der Waals surface area contributed by atoms with Gasteiger partial charge in [0, 0.05) is 19.2 Å². The van der Waals surface area contributed by atoms with E-state index in [1.165, 1.54) is 18.2 Å². The Morgan fingerprint density at radius 3 is 2.57 bits per heavy atom. The van der Waals surface area contributed by atoms with Crippen LogP contribution in [-0.2, 0) is 11.0 Å². The van der Waals surface area contributed by atoms with Gasteiger partial charge in [0.15, 0.2) is 0 Å². The predicted octanol–water partition coefficient (Wildman–Crippen LogP) is 3.98. The number of carbonyl (C=O) groups is 1. The molecule has 1 aliphatic heterocycles. The van der Waals surface area contributed by atoms with Gasteiger partial charge in [-0.3, -0.25) is 4.79 Å². The van der Waals surface area contributed by atoms with Gasteiger partial charge in [-0.2, -0.15) is 13.2 Å². The molecule has 1 fully saturated rings. The van der Waals surface area contributed by atoms with E-state index in [0.717, 1.165) is 25.0 Å². The maximum atomic E-state index is 12.6. The van der Waals surface area contributed by atoms with Crippen LogP contribution in [-0.4, -0.2) is 23.9 Å². The van der Waals surface area contributed by atoms with Crippen molar-refractivity contribution in [3.63, 3.8) is 0 Å². The lowest BCUT2D eigenvalue weighted by atomic mass is 9.99. The van der Waals surface area contributed by atoms with Crippen molar-refractivity contribution in [2.45, 2.75) is 25.9 Å². The molecule has 2 nitrogen and oxygen atoms in total. The van der Waals surface area contributed by atoms with Crippen molar-refractivity contribution in [1.82, 2.24) is 4.90 Å². The summed E-state index contributed by atoms with van der Waals surface area (Å²) in [5.74, 6) is 0.487. The molecule has 0 atom stereocenters. The molecule has 5 heteroatoms. The monoisotopic (exact) mass is 297 g/mol. The van der Waals surface area contributed by atoms with Crippen molar-refractivity contribution >= 4 is 12.0 Å². The fourth-order valence-electron chi connectivity index (χ4n) is 2.32. The first-order valence-corrected chi connectivity index (χ1v) is 7.00. The molecule has 1 amide bonds. The lowest BCUT2D eigenvalue weighted by Gasteiger charge is -2.29. The molecule has 1 aliphatic rings. The fraction of sp³-hybridized carbons (Fsp3) is 0.438. The lowest BCUT2D eigenvalue weighted by molar-refractivity contribution is -0.137. The molecule has 1 aromatic carbocycles. The Hall–Kier alpha value is -1.78. The topological polar surface area (TPSA) is 20.3 Å². The van der Waals surface area contributed by atoms with Crippen LogP contribution in [0.1, 0.15) is 30.9 Å². The summed E-state index contributed by atoms with van der Waals surface area (Å²) < 4.78 is 37.8. The second-order valence-corrected chi connectivity index (χ2v) is 5.46. The van der Waals surface area contributed by atoms with Gasteiger partial charge in [-0.25, -0.2) is 0 Å². The standard InChI is InChI=1S/C16H18F3NO/c1-12-7-9-20(10-8-12)15(21)6-5-13-3-2-4-14(11-13)16(17,18)19/h2-6,11-12H,7-10H2,1H3/b6-5+. The number of alkyl halides is 3. The Kier molecular flexibility index (Phi) is 4.70. The molecule has 1 saturated heterocycles. The Bertz CT molecular complexity index is 529. The minimum absolute atomic E-state index is 0.140. The van der Waals surface area contributed by atoms with Gasteiger partial charge in [0.05, 0.1) is 5.56 Å². The van der Waals surface area contributed by atoms with Crippen molar-refractivity contribution in [2.24, 2.45) is 5.92 Å². The number of nitrogens with zero attached hydrogens (tertiary/aromatic N) is 1. The molecule has 0 radical (unpaired) electrons. The third kappa shape index (κ3) is 4.34. The second-order valence-electron chi connectivity index (χ2n) is 5.46. The van der Waals surface area contributed by atoms with Gasteiger partial charge in [0.1, 0.15) is 0 Å². The Labute approximate surface area is 122 Å². The van der Waals surface area contributed by atoms with Crippen molar-refractivity contribution in [2.75, 3.05) is 13.1 Å². The van der Waals surface area contributed by atoms with Gasteiger partial charge < -0.3 is 4.90 Å². The van der Waals surface area contributed by atoms with E-state index in [1.807, 2.05) is 0 Å². The molecule has 1 aromatic rings. The molecule has 21 heavy (non-hydrogen) atoms. The molecule has 0 aliphatic carbocycles. The quantitative estimate of drug-likeness (QED) is 0.756. The van der Waals surface area contributed by atoms with Crippen LogP contribution in [0.25, 0.3) is 6.08 Å². The van der Waals surface area contributed by atoms with E-state index in [4.69, 9.17) is 0 Å². The van der Waals surface area contributed by atoms with E-state index in [9.17, 15) is 18.0 Å². The van der Waals surface area contributed by atoms with E-state index in [-0.39, 0.29) is 5.91 Å². The summed E-state index contributed by atoms with van der Waals surface area (Å²) in [5.41, 5.74) is -0.326. The minimum Gasteiger partial charge on any atom is -0.339 e. The number of carbonyl (C=O) groups excluding carboxylic acids is 1. The van der Waals surface area contributed by atoms with Crippen LogP contribution >= 0.6 is 0 Å². The largest absolute Gasteiger partial charge is 0.416 e. The highest BCUT2D eigenvalue weighted by molar-refractivity contribution is 5.91. The number of benzene rings is 1. The van der Waals surface area contributed by atoms with Crippen LogP contribution in [0, 0.1) is 5.92 Å². The third-order valence-corrected chi connectivity index (χ3v) is 3.73. The number of rotatable bonds is 2. The molecule has 0 saturated carbocycles. The smallest absolute Gasteiger partial charge is 0.339 e. The Morgan fingerprint density at radius 1 is 1.29 bits per heavy atom. The van der Waals surface area contributed by atoms with Crippen LogP contribution in [0.5, 0.6) is 0 Å². The number of amides is 1. The number of piperidine rings is 1. The Balaban J connectivity index is 2.02. The normalized spacial score (nSPS) is 17.4. The molecule has 0 spiro atoms. The average molecular weight is 297 g/mol. The highest BCUT2D eigenvalue weighted by atomic mass is 19.4. The zero-order valence-electron chi connectivity index (χ0n) is 11.9. The van der Waals surface area contributed by atoms with E-state index >= 15 is 0 Å². The third-order valence-electron chi connectivity index (χ3n) is 3.73. The highest BCUT2D eigenvalue weighted by Gasteiger charge is 2.30. The van der Waals surface area contributed by atoms with Crippen LogP contribution in [0.2, 0.25) is 0 Å². The maximum absolute atomic E-state index is 12.6. The molecular weight excluding hydrogens is 279 g/mol. The summed E-state index contributed by atoms with van der Waals surface area (Å²) in [7, 11) is 0. The van der Waals surface area contributed by atoms with Crippen molar-refractivity contribution in [3.8, 4) is 0 Å². The molecule has 0 bridgehead atoms. The van der Waals surface area contributed by atoms with Gasteiger partial charge in [0.2, 0.25) is 5.91 Å². The summed E-state index contributed by atoms with van der Waals surface area (Å²) >= 11 is 0. The van der Waals surface area contributed by atoms with Gasteiger partial charge in [-0.15, -0.1) is 0 Å². The Morgan fingerprint density at radius 2 is 1.95 bits per heavy atom. The molecule has 0 unspecified atom stereocenters. The maximum Gasteiger partial charge on any atom is 0.416 e. The van der Waals surface area contributed by atoms with Crippen LogP contribution in [0.15, 0.2) is 30.3 Å². The molecular formula is C16H18F3NO. The summed E-state index contributed by atoms with van der Waals surface area (Å²) in [6, 6.07) is 4.96. The zero-order valence-corrected chi connectivity index (χ0v) is 11.9. The lowest BCUT2D eigenvalue weighted by Crippen LogP contribution is -2.36. The molecule has 0 N–H and O–H groups in total. The van der Waals surface area contributed by atoms with Gasteiger partial charge in [-0.05, 0) is 42.5 Å². The fourth-order valence-corrected chi connectivity index (χ4v) is 2.32. The predicted molar refractivity (Wildman–Crippen MR) is 75.5 cm³/mol. The summed E-state index contributed by atoms with van der Waals surface area (Å²) in [4.78, 5) is 13.7. The molecule has 2 rings (SSSR count). The number of likely N-dealkylation sites (tertiary alicyclic amines) is 1. The first-order chi connectivity index (χ1) is 9.86. The van der Waals surface area contributed by atoms with Crippen LogP contribution < -0.4 is 0 Å². The number of halogens is 3. The summed E-state index contributed by atoms with van der Waals surface area (Å²) in [6.45, 7) is 3.58. The van der Waals surface area contributed by atoms with Gasteiger partial charge >= 0.3 is 6.18 Å². The number of hydrogen-bond acceptors (Lipinski definition) is 1. The summed E-state index contributed by atoms with van der Waals surface area (Å²) in [5, 5.41) is 0. The molecule has 0 aromatic heterocycles. The van der Waals surface area contributed by atoms with E-state index < -0.39 is 11.7 Å². The van der Waals surface area contributed by atoms with Gasteiger partial charge in [0.25, 0.3) is 0 Å². The van der Waals surface area contributed by atoms with Crippen molar-refractivity contribution in [3.05, 3.63) is 41.5 Å². The van der Waals surface area contributed by atoms with E-state index in [1.54, 1.807) is 11.0 Å². The molecule has 114 valence electrons. The van der Waals surface area contributed by atoms with Crippen LogP contribution in [0.3, 0.4) is 0 Å². The van der Waals surface area contributed by atoms with Crippen molar-refractivity contribution in [1.29, 1.82) is 0 Å². The first kappa shape index (κ1) is 15.6. The average Bonchev–Trinajstić information content (AvgIpc) is 2.45. The highest BCUT2D eigenvalue weighted by Crippen LogP contribution is 2.29. The summed E-state index contributed by atoms with van der Waals surface area (Å²) in [6.07, 6.45) is 0.379. The van der Waals surface area contributed by atoms with E-state index in [0.29, 0.717) is 24.6 Å². The first-order valence-electron chi connectivity index (χ1n) is 7.00. The SMILES string of the molecule is CC1CCN(C(=O)/C=C/c2cccc(C(F)(F)F)c2)CC1. The minimum atomic E-state index is -4.36. The second kappa shape index (κ2) is 6.33. The molecule has 1 heterocycles.